The van der Waals surface area contributed by atoms with Crippen molar-refractivity contribution < 1.29 is 14.3 Å². The molecule has 128 valence electrons. The smallest absolute Gasteiger partial charge is 0.356 e. The number of aromatic nitrogens is 1. The average molecular weight is 377 g/mol. The van der Waals surface area contributed by atoms with Crippen molar-refractivity contribution in [2.75, 3.05) is 6.61 Å². The second-order valence-electron chi connectivity index (χ2n) is 5.34. The molecular formula is C18H14Cl2N2O3. The third-order valence-corrected chi connectivity index (χ3v) is 4.19. The highest BCUT2D eigenvalue weighted by atomic mass is 35.5. The molecule has 1 aromatic heterocycles. The largest absolute Gasteiger partial charge is 0.451 e. The molecule has 0 spiro atoms. The first-order chi connectivity index (χ1) is 12.0. The summed E-state index contributed by atoms with van der Waals surface area (Å²) in [7, 11) is 0. The molecule has 0 aliphatic rings. The van der Waals surface area contributed by atoms with Gasteiger partial charge in [-0.1, -0.05) is 53.5 Å². The quantitative estimate of drug-likeness (QED) is 0.662. The van der Waals surface area contributed by atoms with E-state index in [1.54, 1.807) is 30.3 Å². The number of aromatic amines is 1. The van der Waals surface area contributed by atoms with Crippen LogP contribution in [0.25, 0.3) is 10.9 Å². The Morgan fingerprint density at radius 2 is 1.88 bits per heavy atom. The molecule has 0 radical (unpaired) electrons. The van der Waals surface area contributed by atoms with Crippen LogP contribution >= 0.6 is 23.2 Å². The number of fused-ring (bicyclic) bond motifs is 1. The Morgan fingerprint density at radius 3 is 2.64 bits per heavy atom. The zero-order valence-electron chi connectivity index (χ0n) is 13.0. The summed E-state index contributed by atoms with van der Waals surface area (Å²) in [6, 6.07) is 14.4. The fraction of sp³-hybridized carbons (Fsp3) is 0.111. The number of ether oxygens (including phenoxy) is 1. The van der Waals surface area contributed by atoms with Crippen molar-refractivity contribution in [2.24, 2.45) is 0 Å². The number of nitrogens with one attached hydrogen (secondary N) is 2. The third-order valence-electron chi connectivity index (χ3n) is 3.56. The van der Waals surface area contributed by atoms with Crippen LogP contribution in [0.15, 0.2) is 48.5 Å². The van der Waals surface area contributed by atoms with Gasteiger partial charge in [0.15, 0.2) is 6.61 Å². The van der Waals surface area contributed by atoms with Gasteiger partial charge in [-0.2, -0.15) is 0 Å². The van der Waals surface area contributed by atoms with Crippen molar-refractivity contribution in [1.29, 1.82) is 0 Å². The number of carbonyl (C=O) groups excluding carboxylic acids is 2. The predicted octanol–water partition coefficient (Wildman–Crippen LogP) is 3.95. The van der Waals surface area contributed by atoms with Crippen molar-refractivity contribution in [3.63, 3.8) is 0 Å². The number of benzene rings is 2. The van der Waals surface area contributed by atoms with Gasteiger partial charge in [0.1, 0.15) is 5.69 Å². The van der Waals surface area contributed by atoms with Crippen LogP contribution in [0.2, 0.25) is 10.0 Å². The number of esters is 1. The maximum Gasteiger partial charge on any atom is 0.356 e. The number of hydrogen-bond donors (Lipinski definition) is 2. The van der Waals surface area contributed by atoms with E-state index < -0.39 is 18.5 Å². The number of carbonyl (C=O) groups is 2. The number of rotatable bonds is 5. The first-order valence-electron chi connectivity index (χ1n) is 7.49. The fourth-order valence-electron chi connectivity index (χ4n) is 2.35. The lowest BCUT2D eigenvalue weighted by Gasteiger charge is -2.06. The van der Waals surface area contributed by atoms with Gasteiger partial charge in [-0.15, -0.1) is 0 Å². The number of amides is 1. The van der Waals surface area contributed by atoms with Gasteiger partial charge < -0.3 is 15.0 Å². The van der Waals surface area contributed by atoms with E-state index >= 15 is 0 Å². The lowest BCUT2D eigenvalue weighted by atomic mass is 10.2. The van der Waals surface area contributed by atoms with E-state index in [4.69, 9.17) is 27.9 Å². The highest BCUT2D eigenvalue weighted by Crippen LogP contribution is 2.27. The molecule has 2 N–H and O–H groups in total. The van der Waals surface area contributed by atoms with Crippen LogP contribution in [-0.4, -0.2) is 23.5 Å². The topological polar surface area (TPSA) is 71.2 Å². The Labute approximate surface area is 153 Å². The second kappa shape index (κ2) is 7.59. The van der Waals surface area contributed by atoms with Crippen molar-refractivity contribution >= 4 is 46.0 Å². The molecule has 0 saturated carbocycles. The summed E-state index contributed by atoms with van der Waals surface area (Å²) < 4.78 is 5.02. The van der Waals surface area contributed by atoms with E-state index in [1.807, 2.05) is 18.2 Å². The summed E-state index contributed by atoms with van der Waals surface area (Å²) in [5, 5.41) is 4.25. The minimum atomic E-state index is -0.681. The molecule has 0 fully saturated rings. The molecule has 7 heteroatoms. The molecule has 3 rings (SSSR count). The normalized spacial score (nSPS) is 10.6. The van der Waals surface area contributed by atoms with Crippen molar-refractivity contribution in [2.45, 2.75) is 6.54 Å². The van der Waals surface area contributed by atoms with Crippen LogP contribution in [0.3, 0.4) is 0 Å². The SMILES string of the molecule is O=C(COC(=O)c1[nH]c2ccccc2c1Cl)NCc1cccc(Cl)c1. The number of para-hydroxylation sites is 1. The molecular weight excluding hydrogens is 363 g/mol. The zero-order valence-corrected chi connectivity index (χ0v) is 14.5. The Balaban J connectivity index is 1.56. The van der Waals surface area contributed by atoms with Crippen molar-refractivity contribution in [3.05, 3.63) is 69.8 Å². The van der Waals surface area contributed by atoms with E-state index in [0.717, 1.165) is 16.5 Å². The molecule has 5 nitrogen and oxygen atoms in total. The van der Waals surface area contributed by atoms with Gasteiger partial charge in [-0.25, -0.2) is 4.79 Å². The Kier molecular flexibility index (Phi) is 5.26. The molecule has 3 aromatic rings. The summed E-state index contributed by atoms with van der Waals surface area (Å²) >= 11 is 12.1. The molecule has 0 unspecified atom stereocenters. The molecule has 2 aromatic carbocycles. The van der Waals surface area contributed by atoms with E-state index in [2.05, 4.69) is 10.3 Å². The summed E-state index contributed by atoms with van der Waals surface area (Å²) in [5.41, 5.74) is 1.71. The lowest BCUT2D eigenvalue weighted by molar-refractivity contribution is -0.124. The number of H-pyrrole nitrogens is 1. The van der Waals surface area contributed by atoms with Crippen LogP contribution in [0, 0.1) is 0 Å². The van der Waals surface area contributed by atoms with E-state index in [0.29, 0.717) is 11.6 Å². The first-order valence-corrected chi connectivity index (χ1v) is 8.24. The standard InChI is InChI=1S/C18H14Cl2N2O3/c19-12-5-3-4-11(8-12)9-21-15(23)10-25-18(24)17-16(20)13-6-1-2-7-14(13)22-17/h1-8,22H,9-10H2,(H,21,23). The van der Waals surface area contributed by atoms with Gasteiger partial charge in [0.2, 0.25) is 0 Å². The van der Waals surface area contributed by atoms with Gasteiger partial charge in [-0.3, -0.25) is 4.79 Å². The molecule has 1 amide bonds. The van der Waals surface area contributed by atoms with Crippen molar-refractivity contribution in [3.8, 4) is 0 Å². The van der Waals surface area contributed by atoms with Crippen molar-refractivity contribution in [1.82, 2.24) is 10.3 Å². The Hall–Kier alpha value is -2.50. The van der Waals surface area contributed by atoms with Crippen LogP contribution in [0.4, 0.5) is 0 Å². The maximum absolute atomic E-state index is 12.1. The molecule has 0 aliphatic heterocycles. The first kappa shape index (κ1) is 17.3. The van der Waals surface area contributed by atoms with Gasteiger partial charge in [0.05, 0.1) is 5.02 Å². The van der Waals surface area contributed by atoms with Gasteiger partial charge in [0, 0.05) is 22.5 Å². The maximum atomic E-state index is 12.1. The monoisotopic (exact) mass is 376 g/mol. The molecule has 0 aliphatic carbocycles. The third kappa shape index (κ3) is 4.13. The van der Waals surface area contributed by atoms with Crippen LogP contribution in [0.1, 0.15) is 16.1 Å². The lowest BCUT2D eigenvalue weighted by Crippen LogP contribution is -2.28. The Morgan fingerprint density at radius 1 is 1.08 bits per heavy atom. The average Bonchev–Trinajstić information content (AvgIpc) is 2.95. The van der Waals surface area contributed by atoms with Gasteiger partial charge in [-0.05, 0) is 23.8 Å². The number of halogens is 2. The summed E-state index contributed by atoms with van der Waals surface area (Å²) in [4.78, 5) is 26.9. The minimum absolute atomic E-state index is 0.130. The molecule has 0 bridgehead atoms. The zero-order chi connectivity index (χ0) is 17.8. The summed E-state index contributed by atoms with van der Waals surface area (Å²) in [6.07, 6.45) is 0. The minimum Gasteiger partial charge on any atom is -0.451 e. The van der Waals surface area contributed by atoms with Crippen LogP contribution < -0.4 is 5.32 Å². The summed E-state index contributed by atoms with van der Waals surface area (Å²) in [5.74, 6) is -1.10. The molecule has 25 heavy (non-hydrogen) atoms. The predicted molar refractivity (Wildman–Crippen MR) is 96.9 cm³/mol. The highest BCUT2D eigenvalue weighted by molar-refractivity contribution is 6.38. The van der Waals surface area contributed by atoms with Crippen LogP contribution in [-0.2, 0) is 16.1 Å². The van der Waals surface area contributed by atoms with E-state index in [1.165, 1.54) is 0 Å². The van der Waals surface area contributed by atoms with E-state index in [9.17, 15) is 9.59 Å². The van der Waals surface area contributed by atoms with Gasteiger partial charge in [0.25, 0.3) is 5.91 Å². The summed E-state index contributed by atoms with van der Waals surface area (Å²) in [6.45, 7) is -0.102. The fourth-order valence-corrected chi connectivity index (χ4v) is 2.85. The molecule has 0 atom stereocenters. The van der Waals surface area contributed by atoms with E-state index in [-0.39, 0.29) is 10.7 Å². The molecule has 0 saturated heterocycles. The second-order valence-corrected chi connectivity index (χ2v) is 6.16. The number of hydrogen-bond acceptors (Lipinski definition) is 3. The highest BCUT2D eigenvalue weighted by Gasteiger charge is 2.18. The molecule has 1 heterocycles. The van der Waals surface area contributed by atoms with Gasteiger partial charge >= 0.3 is 5.97 Å². The van der Waals surface area contributed by atoms with Crippen LogP contribution in [0.5, 0.6) is 0 Å². The Bertz CT molecular complexity index is 937.